The molecule has 0 bridgehead atoms. The van der Waals surface area contributed by atoms with Crippen molar-refractivity contribution in [2.75, 3.05) is 11.9 Å². The average Bonchev–Trinajstić information content (AvgIpc) is 2.24. The molecule has 0 aliphatic rings. The first kappa shape index (κ1) is 14.7. The number of rotatable bonds is 5. The van der Waals surface area contributed by atoms with Crippen molar-refractivity contribution in [3.05, 3.63) is 29.8 Å². The number of aryl methyl sites for hydroxylation is 1. The van der Waals surface area contributed by atoms with Gasteiger partial charge in [-0.05, 0) is 36.0 Å². The van der Waals surface area contributed by atoms with Crippen molar-refractivity contribution < 1.29 is 9.90 Å². The van der Waals surface area contributed by atoms with Gasteiger partial charge in [0.25, 0.3) is 0 Å². The molecule has 0 unspecified atom stereocenters. The first-order valence-corrected chi connectivity index (χ1v) is 6.40. The SMILES string of the molecule is CC(C)(C)CC(=O)Nc1cccc(CCCO)c1. The summed E-state index contributed by atoms with van der Waals surface area (Å²) in [6.07, 6.45) is 2.09. The van der Waals surface area contributed by atoms with E-state index in [4.69, 9.17) is 5.11 Å². The molecule has 1 aromatic rings. The largest absolute Gasteiger partial charge is 0.396 e. The van der Waals surface area contributed by atoms with Gasteiger partial charge in [0.15, 0.2) is 0 Å². The second kappa shape index (κ2) is 6.55. The van der Waals surface area contributed by atoms with Crippen molar-refractivity contribution in [2.45, 2.75) is 40.0 Å². The van der Waals surface area contributed by atoms with E-state index in [1.165, 1.54) is 0 Å². The van der Waals surface area contributed by atoms with Gasteiger partial charge in [-0.2, -0.15) is 0 Å². The summed E-state index contributed by atoms with van der Waals surface area (Å²) in [4.78, 5) is 11.8. The van der Waals surface area contributed by atoms with E-state index in [0.29, 0.717) is 6.42 Å². The Kier molecular flexibility index (Phi) is 5.35. The summed E-state index contributed by atoms with van der Waals surface area (Å²) < 4.78 is 0. The van der Waals surface area contributed by atoms with E-state index in [-0.39, 0.29) is 17.9 Å². The zero-order valence-electron chi connectivity index (χ0n) is 11.5. The van der Waals surface area contributed by atoms with Crippen LogP contribution in [0.3, 0.4) is 0 Å². The fourth-order valence-electron chi connectivity index (χ4n) is 1.77. The minimum Gasteiger partial charge on any atom is -0.396 e. The number of aliphatic hydroxyl groups is 1. The summed E-state index contributed by atoms with van der Waals surface area (Å²) in [5.74, 6) is 0.0433. The lowest BCUT2D eigenvalue weighted by molar-refractivity contribution is -0.117. The monoisotopic (exact) mass is 249 g/mol. The summed E-state index contributed by atoms with van der Waals surface area (Å²) >= 11 is 0. The van der Waals surface area contributed by atoms with E-state index < -0.39 is 0 Å². The van der Waals surface area contributed by atoms with Gasteiger partial charge in [-0.25, -0.2) is 0 Å². The number of amides is 1. The summed E-state index contributed by atoms with van der Waals surface area (Å²) in [5.41, 5.74) is 1.97. The van der Waals surface area contributed by atoms with Gasteiger partial charge in [-0.1, -0.05) is 32.9 Å². The number of benzene rings is 1. The normalized spacial score (nSPS) is 11.3. The van der Waals surface area contributed by atoms with E-state index in [9.17, 15) is 4.79 Å². The van der Waals surface area contributed by atoms with E-state index in [1.807, 2.05) is 45.0 Å². The molecule has 0 heterocycles. The van der Waals surface area contributed by atoms with Crippen LogP contribution in [0.15, 0.2) is 24.3 Å². The minimum atomic E-state index is -0.00141. The highest BCUT2D eigenvalue weighted by molar-refractivity contribution is 5.91. The Morgan fingerprint density at radius 3 is 2.67 bits per heavy atom. The standard InChI is InChI=1S/C15H23NO2/c1-15(2,3)11-14(18)16-13-8-4-6-12(10-13)7-5-9-17/h4,6,8,10,17H,5,7,9,11H2,1-3H3,(H,16,18). The van der Waals surface area contributed by atoms with Crippen LogP contribution in [0.1, 0.15) is 39.2 Å². The number of carbonyl (C=O) groups excluding carboxylic acids is 1. The average molecular weight is 249 g/mol. The maximum Gasteiger partial charge on any atom is 0.224 e. The Bertz CT molecular complexity index is 394. The summed E-state index contributed by atoms with van der Waals surface area (Å²) in [5, 5.41) is 11.7. The van der Waals surface area contributed by atoms with Crippen molar-refractivity contribution in [3.8, 4) is 0 Å². The highest BCUT2D eigenvalue weighted by Gasteiger charge is 2.15. The Morgan fingerprint density at radius 1 is 1.33 bits per heavy atom. The molecule has 0 saturated heterocycles. The third kappa shape index (κ3) is 5.82. The number of hydrogen-bond acceptors (Lipinski definition) is 2. The van der Waals surface area contributed by atoms with Gasteiger partial charge in [0, 0.05) is 18.7 Å². The fraction of sp³-hybridized carbons (Fsp3) is 0.533. The highest BCUT2D eigenvalue weighted by Crippen LogP contribution is 2.20. The van der Waals surface area contributed by atoms with Crippen LogP contribution in [0, 0.1) is 5.41 Å². The number of carbonyl (C=O) groups is 1. The van der Waals surface area contributed by atoms with Crippen LogP contribution < -0.4 is 5.32 Å². The van der Waals surface area contributed by atoms with Gasteiger partial charge >= 0.3 is 0 Å². The van der Waals surface area contributed by atoms with Crippen LogP contribution in [0.5, 0.6) is 0 Å². The summed E-state index contributed by atoms with van der Waals surface area (Å²) in [6.45, 7) is 6.33. The molecule has 0 fully saturated rings. The van der Waals surface area contributed by atoms with E-state index in [1.54, 1.807) is 0 Å². The van der Waals surface area contributed by atoms with E-state index in [2.05, 4.69) is 5.32 Å². The highest BCUT2D eigenvalue weighted by atomic mass is 16.2. The molecule has 1 rings (SSSR count). The molecule has 1 aromatic carbocycles. The molecule has 0 spiro atoms. The number of aliphatic hydroxyl groups excluding tert-OH is 1. The maximum atomic E-state index is 11.8. The molecule has 3 nitrogen and oxygen atoms in total. The van der Waals surface area contributed by atoms with Gasteiger partial charge in [-0.15, -0.1) is 0 Å². The van der Waals surface area contributed by atoms with Gasteiger partial charge < -0.3 is 10.4 Å². The molecule has 0 radical (unpaired) electrons. The zero-order chi connectivity index (χ0) is 13.6. The molecule has 2 N–H and O–H groups in total. The number of hydrogen-bond donors (Lipinski definition) is 2. The molecule has 0 atom stereocenters. The Hall–Kier alpha value is -1.35. The van der Waals surface area contributed by atoms with Crippen LogP contribution in [0.2, 0.25) is 0 Å². The quantitative estimate of drug-likeness (QED) is 0.842. The Balaban J connectivity index is 2.59. The molecule has 3 heteroatoms. The van der Waals surface area contributed by atoms with E-state index in [0.717, 1.165) is 24.1 Å². The second-order valence-corrected chi connectivity index (χ2v) is 5.81. The molecule has 0 aliphatic carbocycles. The van der Waals surface area contributed by atoms with Gasteiger partial charge in [-0.3, -0.25) is 4.79 Å². The minimum absolute atomic E-state index is 0.00141. The topological polar surface area (TPSA) is 49.3 Å². The zero-order valence-corrected chi connectivity index (χ0v) is 11.5. The molecular formula is C15H23NO2. The van der Waals surface area contributed by atoms with Crippen LogP contribution in [0.4, 0.5) is 5.69 Å². The number of anilines is 1. The predicted octanol–water partition coefficient (Wildman–Crippen LogP) is 2.99. The van der Waals surface area contributed by atoms with Crippen molar-refractivity contribution in [1.82, 2.24) is 0 Å². The van der Waals surface area contributed by atoms with Crippen LogP contribution >= 0.6 is 0 Å². The van der Waals surface area contributed by atoms with Crippen LogP contribution in [0.25, 0.3) is 0 Å². The van der Waals surface area contributed by atoms with Gasteiger partial charge in [0.05, 0.1) is 0 Å². The lowest BCUT2D eigenvalue weighted by atomic mass is 9.92. The van der Waals surface area contributed by atoms with Gasteiger partial charge in [0.1, 0.15) is 0 Å². The lowest BCUT2D eigenvalue weighted by Crippen LogP contribution is -2.19. The van der Waals surface area contributed by atoms with Crippen LogP contribution in [-0.4, -0.2) is 17.6 Å². The first-order valence-electron chi connectivity index (χ1n) is 6.40. The molecule has 1 amide bonds. The predicted molar refractivity (Wildman–Crippen MR) is 74.6 cm³/mol. The lowest BCUT2D eigenvalue weighted by Gasteiger charge is -2.17. The molecule has 0 saturated carbocycles. The van der Waals surface area contributed by atoms with Gasteiger partial charge in [0.2, 0.25) is 5.91 Å². The van der Waals surface area contributed by atoms with E-state index >= 15 is 0 Å². The molecular weight excluding hydrogens is 226 g/mol. The van der Waals surface area contributed by atoms with Crippen LogP contribution in [-0.2, 0) is 11.2 Å². The van der Waals surface area contributed by atoms with Crippen molar-refractivity contribution in [2.24, 2.45) is 5.41 Å². The molecule has 18 heavy (non-hydrogen) atoms. The first-order chi connectivity index (χ1) is 8.40. The maximum absolute atomic E-state index is 11.8. The third-order valence-electron chi connectivity index (χ3n) is 2.53. The smallest absolute Gasteiger partial charge is 0.224 e. The summed E-state index contributed by atoms with van der Waals surface area (Å²) in [7, 11) is 0. The second-order valence-electron chi connectivity index (χ2n) is 5.81. The molecule has 100 valence electrons. The molecule has 0 aromatic heterocycles. The fourth-order valence-corrected chi connectivity index (χ4v) is 1.77. The molecule has 0 aliphatic heterocycles. The van der Waals surface area contributed by atoms with Crippen molar-refractivity contribution >= 4 is 11.6 Å². The van der Waals surface area contributed by atoms with Crippen molar-refractivity contribution in [1.29, 1.82) is 0 Å². The Labute approximate surface area is 109 Å². The third-order valence-corrected chi connectivity index (χ3v) is 2.53. The summed E-state index contributed by atoms with van der Waals surface area (Å²) in [6, 6.07) is 7.80. The number of nitrogens with one attached hydrogen (secondary N) is 1. The van der Waals surface area contributed by atoms with Crippen molar-refractivity contribution in [3.63, 3.8) is 0 Å². The Morgan fingerprint density at radius 2 is 2.06 bits per heavy atom.